The third-order valence-corrected chi connectivity index (χ3v) is 1.65. The minimum Gasteiger partial charge on any atom is -0.476 e. The first-order valence-electron chi connectivity index (χ1n) is 3.15. The molecule has 0 saturated heterocycles. The molecule has 0 radical (unpaired) electrons. The van der Waals surface area contributed by atoms with E-state index in [4.69, 9.17) is 5.11 Å². The van der Waals surface area contributed by atoms with E-state index in [0.717, 1.165) is 0 Å². The van der Waals surface area contributed by atoms with Crippen molar-refractivity contribution < 1.29 is 14.7 Å². The Morgan fingerprint density at radius 3 is 3.00 bits per heavy atom. The van der Waals surface area contributed by atoms with Crippen LogP contribution >= 0.6 is 11.5 Å². The second-order valence-electron chi connectivity index (χ2n) is 1.94. The van der Waals surface area contributed by atoms with Crippen molar-refractivity contribution in [1.82, 2.24) is 4.37 Å². The van der Waals surface area contributed by atoms with Gasteiger partial charge in [-0.3, -0.25) is 10.2 Å². The maximum absolute atomic E-state index is 10.3. The number of rotatable bonds is 4. The van der Waals surface area contributed by atoms with Gasteiger partial charge in [0.2, 0.25) is 5.71 Å². The Labute approximate surface area is 77.1 Å². The number of nitrogens with zero attached hydrogens (tertiary/aromatic N) is 2. The lowest BCUT2D eigenvalue weighted by atomic mass is 10.4. The zero-order chi connectivity index (χ0) is 9.68. The molecule has 1 aromatic heterocycles. The lowest BCUT2D eigenvalue weighted by Gasteiger charge is -1.93. The van der Waals surface area contributed by atoms with Crippen LogP contribution in [0.15, 0.2) is 16.7 Å². The third-order valence-electron chi connectivity index (χ3n) is 1.07. The Kier molecular flexibility index (Phi) is 3.09. The number of carboxylic acids is 1. The van der Waals surface area contributed by atoms with Crippen LogP contribution in [0.5, 0.6) is 0 Å². The molecule has 0 amide bonds. The molecule has 7 heteroatoms. The fourth-order valence-corrected chi connectivity index (χ4v) is 0.972. The molecule has 13 heavy (non-hydrogen) atoms. The maximum atomic E-state index is 10.3. The summed E-state index contributed by atoms with van der Waals surface area (Å²) < 4.78 is 3.74. The number of hydrogen-bond donors (Lipinski definition) is 2. The van der Waals surface area contributed by atoms with E-state index in [1.807, 2.05) is 0 Å². The highest BCUT2D eigenvalue weighted by molar-refractivity contribution is 7.04. The first-order valence-corrected chi connectivity index (χ1v) is 3.99. The van der Waals surface area contributed by atoms with Gasteiger partial charge in [0.05, 0.1) is 11.9 Å². The summed E-state index contributed by atoms with van der Waals surface area (Å²) in [5.41, 5.74) is 2.35. The van der Waals surface area contributed by atoms with E-state index < -0.39 is 11.7 Å². The predicted molar refractivity (Wildman–Crippen MR) is 46.9 cm³/mol. The summed E-state index contributed by atoms with van der Waals surface area (Å²) in [5.74, 6) is -1.37. The number of aliphatic carboxylic acids is 1. The smallest absolute Gasteiger partial charge is 0.359 e. The number of aldehydes is 1. The van der Waals surface area contributed by atoms with E-state index in [9.17, 15) is 9.59 Å². The Morgan fingerprint density at radius 1 is 1.77 bits per heavy atom. The monoisotopic (exact) mass is 199 g/mol. The molecule has 0 bridgehead atoms. The Hall–Kier alpha value is -1.76. The van der Waals surface area contributed by atoms with Gasteiger partial charge in [-0.05, 0) is 11.5 Å². The summed E-state index contributed by atoms with van der Waals surface area (Å²) in [7, 11) is 0. The zero-order valence-corrected chi connectivity index (χ0v) is 7.11. The van der Waals surface area contributed by atoms with Crippen molar-refractivity contribution in [2.45, 2.75) is 0 Å². The maximum Gasteiger partial charge on any atom is 0.359 e. The molecule has 0 saturated carbocycles. The van der Waals surface area contributed by atoms with E-state index in [2.05, 4.69) is 14.9 Å². The van der Waals surface area contributed by atoms with Crippen molar-refractivity contribution in [3.63, 3.8) is 0 Å². The van der Waals surface area contributed by atoms with Crippen LogP contribution in [0.25, 0.3) is 0 Å². The van der Waals surface area contributed by atoms with Crippen LogP contribution in [0.2, 0.25) is 0 Å². The van der Waals surface area contributed by atoms with E-state index in [0.29, 0.717) is 5.69 Å². The molecular weight excluding hydrogens is 194 g/mol. The summed E-state index contributed by atoms with van der Waals surface area (Å²) in [5, 5.41) is 13.4. The van der Waals surface area contributed by atoms with Gasteiger partial charge in [-0.25, -0.2) is 4.79 Å². The molecule has 68 valence electrons. The molecule has 2 N–H and O–H groups in total. The largest absolute Gasteiger partial charge is 0.476 e. The van der Waals surface area contributed by atoms with Crippen LogP contribution in [0.3, 0.4) is 0 Å². The van der Waals surface area contributed by atoms with Crippen molar-refractivity contribution >= 4 is 35.2 Å². The Balaban J connectivity index is 2.65. The number of carbonyl (C=O) groups excluding carboxylic acids is 1. The number of hydrazone groups is 1. The Morgan fingerprint density at radius 2 is 2.54 bits per heavy atom. The van der Waals surface area contributed by atoms with Gasteiger partial charge in [0.15, 0.2) is 6.29 Å². The van der Waals surface area contributed by atoms with Crippen LogP contribution < -0.4 is 5.43 Å². The van der Waals surface area contributed by atoms with Gasteiger partial charge >= 0.3 is 5.97 Å². The molecule has 0 spiro atoms. The van der Waals surface area contributed by atoms with Gasteiger partial charge in [-0.1, -0.05) is 0 Å². The first-order chi connectivity index (χ1) is 6.24. The van der Waals surface area contributed by atoms with Gasteiger partial charge in [-0.15, -0.1) is 0 Å². The van der Waals surface area contributed by atoms with E-state index in [1.54, 1.807) is 5.38 Å². The predicted octanol–water partition coefficient (Wildman–Crippen LogP) is 0.195. The highest BCUT2D eigenvalue weighted by atomic mass is 32.1. The summed E-state index contributed by atoms with van der Waals surface area (Å²) in [6.07, 6.45) is 1.63. The molecule has 0 aliphatic carbocycles. The second-order valence-corrected chi connectivity index (χ2v) is 2.60. The zero-order valence-electron chi connectivity index (χ0n) is 6.30. The van der Waals surface area contributed by atoms with Crippen LogP contribution in [0, 0.1) is 0 Å². The molecule has 0 unspecified atom stereocenters. The molecule has 0 atom stereocenters. The number of carboxylic acid groups (broad SMARTS) is 1. The van der Waals surface area contributed by atoms with E-state index in [-0.39, 0.29) is 6.29 Å². The molecule has 1 heterocycles. The van der Waals surface area contributed by atoms with Crippen molar-refractivity contribution in [3.05, 3.63) is 11.6 Å². The number of nitrogens with one attached hydrogen (secondary N) is 1. The normalized spacial score (nSPS) is 10.9. The summed E-state index contributed by atoms with van der Waals surface area (Å²) >= 11 is 1.19. The number of hydrogen-bond acceptors (Lipinski definition) is 6. The van der Waals surface area contributed by atoms with Gasteiger partial charge in [-0.2, -0.15) is 9.47 Å². The third kappa shape index (κ3) is 2.64. The number of aromatic nitrogens is 1. The lowest BCUT2D eigenvalue weighted by molar-refractivity contribution is -0.129. The minimum absolute atomic E-state index is 0.162. The average molecular weight is 199 g/mol. The minimum atomic E-state index is -1.37. The molecule has 1 aromatic rings. The molecule has 0 fully saturated rings. The van der Waals surface area contributed by atoms with Crippen LogP contribution in [0.1, 0.15) is 0 Å². The van der Waals surface area contributed by atoms with Gasteiger partial charge in [0, 0.05) is 5.38 Å². The summed E-state index contributed by atoms with van der Waals surface area (Å²) in [4.78, 5) is 20.4. The standard InChI is InChI=1S/C6H5N3O3S/c10-2-5(6(11)12)9-8-4-1-7-13-3-4/h1-3,8H,(H,11,12)/b9-5+. The first kappa shape index (κ1) is 9.33. The highest BCUT2D eigenvalue weighted by Gasteiger charge is 2.06. The molecule has 0 aliphatic rings. The highest BCUT2D eigenvalue weighted by Crippen LogP contribution is 2.07. The van der Waals surface area contributed by atoms with Gasteiger partial charge in [0.1, 0.15) is 0 Å². The van der Waals surface area contributed by atoms with Crippen molar-refractivity contribution in [2.24, 2.45) is 5.10 Å². The summed E-state index contributed by atoms with van der Waals surface area (Å²) in [6.45, 7) is 0. The fourth-order valence-electron chi connectivity index (χ4n) is 0.509. The molecule has 1 rings (SSSR count). The quantitative estimate of drug-likeness (QED) is 0.312. The van der Waals surface area contributed by atoms with Gasteiger partial charge in [0.25, 0.3) is 0 Å². The van der Waals surface area contributed by atoms with Crippen LogP contribution in [-0.4, -0.2) is 27.4 Å². The molecule has 6 nitrogen and oxygen atoms in total. The van der Waals surface area contributed by atoms with E-state index >= 15 is 0 Å². The van der Waals surface area contributed by atoms with Gasteiger partial charge < -0.3 is 5.11 Å². The molecule has 0 aromatic carbocycles. The average Bonchev–Trinajstić information content (AvgIpc) is 2.57. The Bertz CT molecular complexity index is 333. The SMILES string of the molecule is O=C/C(=N\Nc1cnsc1)C(=O)O. The van der Waals surface area contributed by atoms with Crippen molar-refractivity contribution in [2.75, 3.05) is 5.43 Å². The number of anilines is 1. The second kappa shape index (κ2) is 4.31. The van der Waals surface area contributed by atoms with E-state index in [1.165, 1.54) is 17.7 Å². The number of carbonyl (C=O) groups is 2. The summed E-state index contributed by atoms with van der Waals surface area (Å²) in [6, 6.07) is 0. The molecule has 0 aliphatic heterocycles. The van der Waals surface area contributed by atoms with Crippen LogP contribution in [0.4, 0.5) is 5.69 Å². The van der Waals surface area contributed by atoms with Crippen molar-refractivity contribution in [1.29, 1.82) is 0 Å². The fraction of sp³-hybridized carbons (Fsp3) is 0. The van der Waals surface area contributed by atoms with Crippen molar-refractivity contribution in [3.8, 4) is 0 Å². The van der Waals surface area contributed by atoms with Crippen LogP contribution in [-0.2, 0) is 9.59 Å². The molecular formula is C6H5N3O3S. The lowest BCUT2D eigenvalue weighted by Crippen LogP contribution is -2.15. The topological polar surface area (TPSA) is 91.7 Å².